The summed E-state index contributed by atoms with van der Waals surface area (Å²) in [4.78, 5) is 10.1. The zero-order valence-corrected chi connectivity index (χ0v) is 16.0. The quantitative estimate of drug-likeness (QED) is 0.314. The van der Waals surface area contributed by atoms with E-state index in [-0.39, 0.29) is 0 Å². The van der Waals surface area contributed by atoms with Gasteiger partial charge in [0.15, 0.2) is 0 Å². The third-order valence-electron chi connectivity index (χ3n) is 5.91. The van der Waals surface area contributed by atoms with Gasteiger partial charge in [-0.25, -0.2) is 9.97 Å². The minimum atomic E-state index is 0.863. The second-order valence-corrected chi connectivity index (χ2v) is 7.56. The Labute approximate surface area is 171 Å². The maximum atomic E-state index is 5.08. The lowest BCUT2D eigenvalue weighted by atomic mass is 10.1. The molecule has 0 atom stereocenters. The maximum absolute atomic E-state index is 5.08. The summed E-state index contributed by atoms with van der Waals surface area (Å²) < 4.78 is 4.46. The minimum absolute atomic E-state index is 0.863. The van der Waals surface area contributed by atoms with Gasteiger partial charge in [0.05, 0.1) is 27.6 Å². The molecule has 0 amide bonds. The van der Waals surface area contributed by atoms with Gasteiger partial charge >= 0.3 is 0 Å². The molecular formula is C26H16N4. The summed E-state index contributed by atoms with van der Waals surface area (Å²) >= 11 is 0. The van der Waals surface area contributed by atoms with Crippen LogP contribution in [0, 0.1) is 0 Å². The fourth-order valence-corrected chi connectivity index (χ4v) is 4.62. The Morgan fingerprint density at radius 3 is 1.73 bits per heavy atom. The SMILES string of the molecule is c1ccc2c(c1)nc1n2c2ccccc2c2ccccc2c2nc3ccccc3n21. The molecule has 0 N–H and O–H groups in total. The Morgan fingerprint density at radius 1 is 0.433 bits per heavy atom. The third-order valence-corrected chi connectivity index (χ3v) is 5.91. The Balaban J connectivity index is 2.00. The van der Waals surface area contributed by atoms with Gasteiger partial charge in [-0.3, -0.25) is 8.80 Å². The van der Waals surface area contributed by atoms with E-state index in [1.807, 2.05) is 12.1 Å². The van der Waals surface area contributed by atoms with Gasteiger partial charge in [0, 0.05) is 10.8 Å². The predicted octanol–water partition coefficient (Wildman–Crippen LogP) is 6.16. The minimum Gasteiger partial charge on any atom is -0.277 e. The molecule has 4 nitrogen and oxygen atoms in total. The number of nitrogens with zero attached hydrogens (tertiary/aromatic N) is 4. The van der Waals surface area contributed by atoms with Crippen LogP contribution < -0.4 is 0 Å². The van der Waals surface area contributed by atoms with Crippen molar-refractivity contribution in [3.8, 4) is 0 Å². The zero-order chi connectivity index (χ0) is 19.7. The lowest BCUT2D eigenvalue weighted by molar-refractivity contribution is 1.16. The van der Waals surface area contributed by atoms with Crippen molar-refractivity contribution in [2.45, 2.75) is 0 Å². The van der Waals surface area contributed by atoms with Gasteiger partial charge in [0.25, 0.3) is 0 Å². The first-order valence-corrected chi connectivity index (χ1v) is 10.0. The van der Waals surface area contributed by atoms with E-state index in [1.54, 1.807) is 0 Å². The third kappa shape index (κ3) is 1.95. The first kappa shape index (κ1) is 15.7. The van der Waals surface area contributed by atoms with Crippen molar-refractivity contribution in [2.24, 2.45) is 0 Å². The van der Waals surface area contributed by atoms with Crippen LogP contribution >= 0.6 is 0 Å². The molecule has 0 saturated carbocycles. The number of hydrogen-bond acceptors (Lipinski definition) is 2. The summed E-state index contributed by atoms with van der Waals surface area (Å²) in [6.45, 7) is 0. The van der Waals surface area contributed by atoms with E-state index in [1.165, 1.54) is 10.8 Å². The highest BCUT2D eigenvalue weighted by molar-refractivity contribution is 6.11. The van der Waals surface area contributed by atoms with Crippen molar-refractivity contribution >= 4 is 55.2 Å². The number of aromatic nitrogens is 4. The highest BCUT2D eigenvalue weighted by atomic mass is 15.2. The molecule has 0 spiro atoms. The largest absolute Gasteiger partial charge is 0.277 e. The molecule has 4 aromatic carbocycles. The average Bonchev–Trinajstić information content (AvgIpc) is 3.36. The summed E-state index contributed by atoms with van der Waals surface area (Å²) in [6.07, 6.45) is 0. The van der Waals surface area contributed by atoms with Crippen LogP contribution in [0.1, 0.15) is 0 Å². The van der Waals surface area contributed by atoms with E-state index in [4.69, 9.17) is 9.97 Å². The molecule has 7 aromatic rings. The van der Waals surface area contributed by atoms with Crippen molar-refractivity contribution < 1.29 is 0 Å². The van der Waals surface area contributed by atoms with E-state index in [9.17, 15) is 0 Å². The molecule has 4 heteroatoms. The molecule has 0 aliphatic heterocycles. The summed E-state index contributed by atoms with van der Waals surface area (Å²) in [5, 5.41) is 3.46. The molecule has 0 saturated heterocycles. The topological polar surface area (TPSA) is 34.6 Å². The Hall–Kier alpha value is -4.18. The standard InChI is InChI=1S/C26H16N4/c1-2-11-19-17(9-1)18-10-3-6-14-22(18)29-23-15-7-5-13-21(23)28-26(29)30-24-16-8-4-12-20(24)27-25(19)30/h1-16H. The molecule has 7 rings (SSSR count). The van der Waals surface area contributed by atoms with E-state index in [2.05, 4.69) is 93.7 Å². The van der Waals surface area contributed by atoms with Crippen molar-refractivity contribution in [1.82, 2.24) is 18.8 Å². The fourth-order valence-electron chi connectivity index (χ4n) is 4.62. The Kier molecular flexibility index (Phi) is 2.97. The summed E-state index contributed by atoms with van der Waals surface area (Å²) in [5.74, 6) is 0.863. The van der Waals surface area contributed by atoms with Gasteiger partial charge in [0.1, 0.15) is 5.65 Å². The fraction of sp³-hybridized carbons (Fsp3) is 0. The number of fused-ring (bicyclic) bond motifs is 12. The number of benzene rings is 4. The Bertz CT molecular complexity index is 1800. The van der Waals surface area contributed by atoms with Gasteiger partial charge in [-0.2, -0.15) is 0 Å². The van der Waals surface area contributed by atoms with Crippen LogP contribution in [0.4, 0.5) is 0 Å². The zero-order valence-electron chi connectivity index (χ0n) is 16.0. The molecule has 30 heavy (non-hydrogen) atoms. The normalized spacial score (nSPS) is 12.0. The van der Waals surface area contributed by atoms with Crippen molar-refractivity contribution in [1.29, 1.82) is 0 Å². The Morgan fingerprint density at radius 2 is 0.967 bits per heavy atom. The molecule has 0 aliphatic rings. The molecule has 0 fully saturated rings. The van der Waals surface area contributed by atoms with E-state index in [0.29, 0.717) is 0 Å². The molecule has 3 aromatic heterocycles. The molecule has 0 aliphatic carbocycles. The lowest BCUT2D eigenvalue weighted by Gasteiger charge is -2.07. The van der Waals surface area contributed by atoms with E-state index >= 15 is 0 Å². The van der Waals surface area contributed by atoms with Crippen LogP contribution in [0.2, 0.25) is 0 Å². The number of hydrogen-bond donors (Lipinski definition) is 0. The van der Waals surface area contributed by atoms with Gasteiger partial charge < -0.3 is 0 Å². The second-order valence-electron chi connectivity index (χ2n) is 7.56. The van der Waals surface area contributed by atoms with E-state index in [0.717, 1.165) is 44.4 Å². The number of para-hydroxylation sites is 5. The highest BCUT2D eigenvalue weighted by Gasteiger charge is 2.15. The van der Waals surface area contributed by atoms with Gasteiger partial charge in [-0.1, -0.05) is 66.7 Å². The predicted molar refractivity (Wildman–Crippen MR) is 123 cm³/mol. The monoisotopic (exact) mass is 384 g/mol. The van der Waals surface area contributed by atoms with Crippen LogP contribution in [0.15, 0.2) is 97.1 Å². The maximum Gasteiger partial charge on any atom is 0.221 e. The molecular weight excluding hydrogens is 368 g/mol. The van der Waals surface area contributed by atoms with Crippen molar-refractivity contribution in [2.75, 3.05) is 0 Å². The number of imidazole rings is 2. The molecule has 0 bridgehead atoms. The second kappa shape index (κ2) is 5.67. The average molecular weight is 384 g/mol. The summed E-state index contributed by atoms with van der Waals surface area (Å²) in [5.41, 5.74) is 6.11. The van der Waals surface area contributed by atoms with Gasteiger partial charge in [0.2, 0.25) is 5.78 Å². The van der Waals surface area contributed by atoms with E-state index < -0.39 is 0 Å². The van der Waals surface area contributed by atoms with Crippen LogP contribution in [-0.4, -0.2) is 18.8 Å². The first-order valence-electron chi connectivity index (χ1n) is 10.0. The molecule has 140 valence electrons. The smallest absolute Gasteiger partial charge is 0.221 e. The first-order chi connectivity index (χ1) is 14.9. The molecule has 0 radical (unpaired) electrons. The molecule has 0 unspecified atom stereocenters. The van der Waals surface area contributed by atoms with Crippen LogP contribution in [0.5, 0.6) is 0 Å². The van der Waals surface area contributed by atoms with Crippen LogP contribution in [-0.2, 0) is 0 Å². The summed E-state index contributed by atoms with van der Waals surface area (Å²) in [6, 6.07) is 33.6. The molecule has 3 heterocycles. The van der Waals surface area contributed by atoms with Gasteiger partial charge in [-0.15, -0.1) is 0 Å². The van der Waals surface area contributed by atoms with Crippen LogP contribution in [0.25, 0.3) is 55.2 Å². The highest BCUT2D eigenvalue weighted by Crippen LogP contribution is 2.31. The number of rotatable bonds is 0. The van der Waals surface area contributed by atoms with Gasteiger partial charge in [-0.05, 0) is 35.7 Å². The van der Waals surface area contributed by atoms with Crippen molar-refractivity contribution in [3.63, 3.8) is 0 Å². The van der Waals surface area contributed by atoms with Crippen molar-refractivity contribution in [3.05, 3.63) is 97.1 Å². The summed E-state index contributed by atoms with van der Waals surface area (Å²) in [7, 11) is 0. The van der Waals surface area contributed by atoms with Crippen LogP contribution in [0.3, 0.4) is 0 Å². The lowest BCUT2D eigenvalue weighted by Crippen LogP contribution is -1.95.